The van der Waals surface area contributed by atoms with E-state index in [1.807, 2.05) is 30.3 Å². The van der Waals surface area contributed by atoms with E-state index in [0.717, 1.165) is 15.6 Å². The molecule has 0 saturated carbocycles. The van der Waals surface area contributed by atoms with Crippen molar-refractivity contribution in [2.45, 2.75) is 0 Å². The number of rotatable bonds is 6. The Morgan fingerprint density at radius 2 is 1.62 bits per heavy atom. The molecule has 0 unspecified atom stereocenters. The molecule has 0 bridgehead atoms. The van der Waals surface area contributed by atoms with E-state index in [2.05, 4.69) is 26.2 Å². The van der Waals surface area contributed by atoms with Crippen LogP contribution < -0.4 is 14.8 Å². The van der Waals surface area contributed by atoms with Gasteiger partial charge in [-0.15, -0.1) is 0 Å². The number of amides is 1. The largest absolute Gasteiger partial charge is 0.493 e. The van der Waals surface area contributed by atoms with Crippen molar-refractivity contribution in [2.24, 2.45) is 0 Å². The quantitative estimate of drug-likeness (QED) is 0.266. The number of furan rings is 1. The predicted molar refractivity (Wildman–Crippen MR) is 132 cm³/mol. The highest BCUT2D eigenvalue weighted by atomic mass is 79.9. The molecule has 8 heteroatoms. The van der Waals surface area contributed by atoms with Crippen LogP contribution in [0.4, 0.5) is 5.69 Å². The SMILES string of the molecule is COc1ccc(-c2nc3cc(NC(=O)c4ccc(-c5ccc(Br)cc5)o4)ccc3o2)cc1OC. The molecule has 5 rings (SSSR count). The van der Waals surface area contributed by atoms with Crippen molar-refractivity contribution in [3.05, 3.63) is 83.0 Å². The van der Waals surface area contributed by atoms with E-state index >= 15 is 0 Å². The Kier molecular flexibility index (Phi) is 5.81. The molecule has 0 atom stereocenters. The molecule has 2 heterocycles. The molecule has 170 valence electrons. The van der Waals surface area contributed by atoms with Crippen LogP contribution in [-0.2, 0) is 0 Å². The fourth-order valence-corrected chi connectivity index (χ4v) is 3.78. The van der Waals surface area contributed by atoms with Crippen molar-refractivity contribution in [2.75, 3.05) is 19.5 Å². The molecular weight excluding hydrogens is 500 g/mol. The third kappa shape index (κ3) is 4.27. The van der Waals surface area contributed by atoms with Crippen LogP contribution in [0.1, 0.15) is 10.6 Å². The van der Waals surface area contributed by atoms with Gasteiger partial charge in [0.2, 0.25) is 5.89 Å². The van der Waals surface area contributed by atoms with Gasteiger partial charge in [0.05, 0.1) is 14.2 Å². The molecule has 0 fully saturated rings. The first-order chi connectivity index (χ1) is 16.5. The monoisotopic (exact) mass is 518 g/mol. The number of hydrogen-bond acceptors (Lipinski definition) is 6. The number of carbonyl (C=O) groups is 1. The lowest BCUT2D eigenvalue weighted by atomic mass is 10.2. The van der Waals surface area contributed by atoms with E-state index in [0.29, 0.717) is 39.9 Å². The summed E-state index contributed by atoms with van der Waals surface area (Å²) in [5.41, 5.74) is 3.41. The van der Waals surface area contributed by atoms with E-state index in [9.17, 15) is 4.79 Å². The molecule has 5 aromatic rings. The van der Waals surface area contributed by atoms with Crippen LogP contribution in [0.2, 0.25) is 0 Å². The number of nitrogens with one attached hydrogen (secondary N) is 1. The Bertz CT molecular complexity index is 1490. The third-order valence-corrected chi connectivity index (χ3v) is 5.76. The van der Waals surface area contributed by atoms with Gasteiger partial charge in [0.1, 0.15) is 11.3 Å². The van der Waals surface area contributed by atoms with Crippen molar-refractivity contribution >= 4 is 38.6 Å². The Morgan fingerprint density at radius 1 is 0.853 bits per heavy atom. The summed E-state index contributed by atoms with van der Waals surface area (Å²) in [5, 5.41) is 2.85. The number of benzene rings is 3. The number of hydrogen-bond donors (Lipinski definition) is 1. The highest BCUT2D eigenvalue weighted by Crippen LogP contribution is 2.33. The molecule has 1 N–H and O–H groups in total. The van der Waals surface area contributed by atoms with Gasteiger partial charge in [0, 0.05) is 21.3 Å². The predicted octanol–water partition coefficient (Wildman–Crippen LogP) is 6.79. The molecule has 0 radical (unpaired) electrons. The number of methoxy groups -OCH3 is 2. The lowest BCUT2D eigenvalue weighted by Crippen LogP contribution is -2.10. The van der Waals surface area contributed by atoms with Gasteiger partial charge in [-0.2, -0.15) is 0 Å². The normalized spacial score (nSPS) is 10.9. The van der Waals surface area contributed by atoms with Gasteiger partial charge >= 0.3 is 0 Å². The zero-order valence-corrected chi connectivity index (χ0v) is 19.9. The van der Waals surface area contributed by atoms with Crippen molar-refractivity contribution in [1.29, 1.82) is 0 Å². The van der Waals surface area contributed by atoms with Gasteiger partial charge in [-0.25, -0.2) is 4.98 Å². The molecular formula is C26H19BrN2O5. The van der Waals surface area contributed by atoms with E-state index in [4.69, 9.17) is 18.3 Å². The van der Waals surface area contributed by atoms with Crippen LogP contribution in [0.15, 0.2) is 86.1 Å². The summed E-state index contributed by atoms with van der Waals surface area (Å²) < 4.78 is 23.3. The first-order valence-electron chi connectivity index (χ1n) is 10.3. The Morgan fingerprint density at radius 3 is 2.38 bits per heavy atom. The summed E-state index contributed by atoms with van der Waals surface area (Å²) in [6.45, 7) is 0. The average Bonchev–Trinajstić information content (AvgIpc) is 3.51. The summed E-state index contributed by atoms with van der Waals surface area (Å²) >= 11 is 3.41. The lowest BCUT2D eigenvalue weighted by molar-refractivity contribution is 0.0997. The minimum Gasteiger partial charge on any atom is -0.493 e. The van der Waals surface area contributed by atoms with Crippen molar-refractivity contribution in [3.63, 3.8) is 0 Å². The topological polar surface area (TPSA) is 86.7 Å². The first kappa shape index (κ1) is 21.8. The van der Waals surface area contributed by atoms with Gasteiger partial charge in [0.25, 0.3) is 5.91 Å². The maximum absolute atomic E-state index is 12.7. The molecule has 0 spiro atoms. The number of ether oxygens (including phenoxy) is 2. The number of fused-ring (bicyclic) bond motifs is 1. The van der Waals surface area contributed by atoms with E-state index in [1.165, 1.54) is 0 Å². The number of nitrogens with zero attached hydrogens (tertiary/aromatic N) is 1. The van der Waals surface area contributed by atoms with Crippen molar-refractivity contribution < 1.29 is 23.1 Å². The minimum absolute atomic E-state index is 0.212. The summed E-state index contributed by atoms with van der Waals surface area (Å²) in [4.78, 5) is 17.3. The molecule has 34 heavy (non-hydrogen) atoms. The van der Waals surface area contributed by atoms with Crippen LogP contribution in [0.3, 0.4) is 0 Å². The Balaban J connectivity index is 1.36. The summed E-state index contributed by atoms with van der Waals surface area (Å²) in [7, 11) is 3.15. The van der Waals surface area contributed by atoms with E-state index in [-0.39, 0.29) is 11.7 Å². The molecule has 0 aliphatic rings. The Labute approximate surface area is 203 Å². The smallest absolute Gasteiger partial charge is 0.291 e. The number of halogens is 1. The summed E-state index contributed by atoms with van der Waals surface area (Å²) in [6.07, 6.45) is 0. The van der Waals surface area contributed by atoms with Crippen molar-refractivity contribution in [1.82, 2.24) is 4.98 Å². The van der Waals surface area contributed by atoms with Gasteiger partial charge in [0.15, 0.2) is 22.8 Å². The average molecular weight is 519 g/mol. The number of aromatic nitrogens is 1. The van der Waals surface area contributed by atoms with E-state index < -0.39 is 0 Å². The number of carbonyl (C=O) groups excluding carboxylic acids is 1. The summed E-state index contributed by atoms with van der Waals surface area (Å²) in [6, 6.07) is 21.8. The Hall–Kier alpha value is -4.04. The fraction of sp³-hybridized carbons (Fsp3) is 0.0769. The number of oxazole rings is 1. The lowest BCUT2D eigenvalue weighted by Gasteiger charge is -2.07. The second kappa shape index (κ2) is 9.07. The van der Waals surface area contributed by atoms with Gasteiger partial charge < -0.3 is 23.6 Å². The second-order valence-corrected chi connectivity index (χ2v) is 8.31. The minimum atomic E-state index is -0.355. The zero-order chi connectivity index (χ0) is 23.7. The highest BCUT2D eigenvalue weighted by Gasteiger charge is 2.15. The van der Waals surface area contributed by atoms with Crippen LogP contribution in [0, 0.1) is 0 Å². The van der Waals surface area contributed by atoms with Gasteiger partial charge in [-0.3, -0.25) is 4.79 Å². The maximum Gasteiger partial charge on any atom is 0.291 e. The second-order valence-electron chi connectivity index (χ2n) is 7.40. The van der Waals surface area contributed by atoms with Gasteiger partial charge in [-0.1, -0.05) is 28.1 Å². The molecule has 0 saturated heterocycles. The van der Waals surface area contributed by atoms with Crippen LogP contribution >= 0.6 is 15.9 Å². The first-order valence-corrected chi connectivity index (χ1v) is 11.1. The highest BCUT2D eigenvalue weighted by molar-refractivity contribution is 9.10. The maximum atomic E-state index is 12.7. The molecule has 0 aliphatic carbocycles. The fourth-order valence-electron chi connectivity index (χ4n) is 3.52. The standard InChI is InChI=1S/C26H19BrN2O5/c1-31-22-9-5-16(13-24(22)32-2)26-29-19-14-18(8-10-21(19)34-26)28-25(30)23-12-11-20(33-23)15-3-6-17(27)7-4-15/h3-14H,1-2H3,(H,28,30). The zero-order valence-electron chi connectivity index (χ0n) is 18.3. The van der Waals surface area contributed by atoms with Gasteiger partial charge in [-0.05, 0) is 60.7 Å². The number of anilines is 1. The molecule has 3 aromatic carbocycles. The van der Waals surface area contributed by atoms with E-state index in [1.54, 1.807) is 56.7 Å². The van der Waals surface area contributed by atoms with Crippen molar-refractivity contribution in [3.8, 4) is 34.3 Å². The molecule has 1 amide bonds. The van der Waals surface area contributed by atoms with Crippen LogP contribution in [0.25, 0.3) is 33.9 Å². The molecule has 2 aromatic heterocycles. The summed E-state index contributed by atoms with van der Waals surface area (Å²) in [5.74, 6) is 2.11. The van der Waals surface area contributed by atoms with Crippen LogP contribution in [0.5, 0.6) is 11.5 Å². The molecule has 0 aliphatic heterocycles. The molecule has 7 nitrogen and oxygen atoms in total. The van der Waals surface area contributed by atoms with Crippen LogP contribution in [-0.4, -0.2) is 25.1 Å². The third-order valence-electron chi connectivity index (χ3n) is 5.23.